The Morgan fingerprint density at radius 3 is 2.52 bits per heavy atom. The van der Waals surface area contributed by atoms with Crippen molar-refractivity contribution in [3.63, 3.8) is 0 Å². The lowest BCUT2D eigenvalue weighted by Crippen LogP contribution is -2.49. The summed E-state index contributed by atoms with van der Waals surface area (Å²) in [5, 5.41) is 15.8. The number of nitro benzene ring substituents is 1. The molecule has 2 N–H and O–H groups in total. The minimum Gasteiger partial charge on any atom is -0.495 e. The fourth-order valence-electron chi connectivity index (χ4n) is 3.40. The highest BCUT2D eigenvalue weighted by Gasteiger charge is 2.20. The molecule has 0 atom stereocenters. The van der Waals surface area contributed by atoms with Gasteiger partial charge >= 0.3 is 11.8 Å². The summed E-state index contributed by atoms with van der Waals surface area (Å²) in [5.74, 6) is -0.793. The number of benzene rings is 2. The molecule has 2 aromatic carbocycles. The van der Waals surface area contributed by atoms with Gasteiger partial charge in [0.15, 0.2) is 0 Å². The van der Waals surface area contributed by atoms with E-state index in [1.54, 1.807) is 7.11 Å². The van der Waals surface area contributed by atoms with Crippen LogP contribution in [0.4, 0.5) is 17.1 Å². The molecule has 1 aliphatic heterocycles. The summed E-state index contributed by atoms with van der Waals surface area (Å²) < 4.78 is 5.43. The molecule has 0 aliphatic carbocycles. The highest BCUT2D eigenvalue weighted by Crippen LogP contribution is 2.28. The number of nitrogens with zero attached hydrogens (tertiary/aromatic N) is 3. The van der Waals surface area contributed by atoms with E-state index in [2.05, 4.69) is 20.4 Å². The molecule has 0 saturated carbocycles. The standard InChI is InChI=1S/C21H25N5O5/c1-31-19-8-3-2-7-18(19)25-13-11-24(12-14-25)10-9-22-20(27)21(28)23-16-5-4-6-17(15-16)26(29)30/h2-8,15H,9-14H2,1H3,(H,22,27)(H,23,28). The number of carbonyl (C=O) groups is 2. The van der Waals surface area contributed by atoms with Crippen LogP contribution < -0.4 is 20.3 Å². The van der Waals surface area contributed by atoms with Crippen LogP contribution in [0.25, 0.3) is 0 Å². The van der Waals surface area contributed by atoms with Gasteiger partial charge in [-0.15, -0.1) is 0 Å². The minimum absolute atomic E-state index is 0.162. The number of non-ortho nitro benzene ring substituents is 1. The fraction of sp³-hybridized carbons (Fsp3) is 0.333. The van der Waals surface area contributed by atoms with E-state index in [0.717, 1.165) is 37.6 Å². The molecule has 31 heavy (non-hydrogen) atoms. The second kappa shape index (κ2) is 10.4. The van der Waals surface area contributed by atoms with Gasteiger partial charge in [-0.25, -0.2) is 0 Å². The first-order chi connectivity index (χ1) is 15.0. The maximum Gasteiger partial charge on any atom is 0.313 e. The van der Waals surface area contributed by atoms with Crippen LogP contribution in [0.15, 0.2) is 48.5 Å². The van der Waals surface area contributed by atoms with Crippen molar-refractivity contribution < 1.29 is 19.2 Å². The number of carbonyl (C=O) groups excluding carboxylic acids is 2. The van der Waals surface area contributed by atoms with Crippen LogP contribution in [0, 0.1) is 10.1 Å². The number of anilines is 2. The molecule has 1 heterocycles. The predicted octanol–water partition coefficient (Wildman–Crippen LogP) is 1.48. The Kier molecular flexibility index (Phi) is 7.39. The quantitative estimate of drug-likeness (QED) is 0.390. The minimum atomic E-state index is -0.860. The average Bonchev–Trinajstić information content (AvgIpc) is 2.79. The van der Waals surface area contributed by atoms with Crippen molar-refractivity contribution in [3.05, 3.63) is 58.6 Å². The second-order valence-electron chi connectivity index (χ2n) is 7.02. The maximum absolute atomic E-state index is 12.0. The summed E-state index contributed by atoms with van der Waals surface area (Å²) in [6.45, 7) is 4.27. The fourth-order valence-corrected chi connectivity index (χ4v) is 3.40. The summed E-state index contributed by atoms with van der Waals surface area (Å²) >= 11 is 0. The first-order valence-electron chi connectivity index (χ1n) is 9.92. The lowest BCUT2D eigenvalue weighted by atomic mass is 10.2. The van der Waals surface area contributed by atoms with Crippen molar-refractivity contribution in [1.82, 2.24) is 10.2 Å². The van der Waals surface area contributed by atoms with Gasteiger partial charge in [0.1, 0.15) is 5.75 Å². The number of amides is 2. The number of ether oxygens (including phenoxy) is 1. The Hall–Kier alpha value is -3.66. The molecule has 1 fully saturated rings. The van der Waals surface area contributed by atoms with Crippen molar-refractivity contribution in [2.24, 2.45) is 0 Å². The first-order valence-corrected chi connectivity index (χ1v) is 9.92. The van der Waals surface area contributed by atoms with Crippen LogP contribution in [0.1, 0.15) is 0 Å². The Balaban J connectivity index is 1.40. The molecular weight excluding hydrogens is 402 g/mol. The smallest absolute Gasteiger partial charge is 0.313 e. The largest absolute Gasteiger partial charge is 0.495 e. The predicted molar refractivity (Wildman–Crippen MR) is 116 cm³/mol. The van der Waals surface area contributed by atoms with Crippen LogP contribution >= 0.6 is 0 Å². The molecule has 3 rings (SSSR count). The van der Waals surface area contributed by atoms with E-state index in [1.807, 2.05) is 24.3 Å². The highest BCUT2D eigenvalue weighted by atomic mass is 16.6. The van der Waals surface area contributed by atoms with Gasteiger partial charge in [0, 0.05) is 57.1 Å². The van der Waals surface area contributed by atoms with E-state index in [1.165, 1.54) is 24.3 Å². The highest BCUT2D eigenvalue weighted by molar-refractivity contribution is 6.39. The molecule has 0 aromatic heterocycles. The summed E-state index contributed by atoms with van der Waals surface area (Å²) in [5.41, 5.74) is 1.10. The lowest BCUT2D eigenvalue weighted by Gasteiger charge is -2.36. The van der Waals surface area contributed by atoms with E-state index in [9.17, 15) is 19.7 Å². The summed E-state index contributed by atoms with van der Waals surface area (Å²) in [7, 11) is 1.66. The molecule has 0 spiro atoms. The summed E-state index contributed by atoms with van der Waals surface area (Å²) in [6, 6.07) is 13.3. The van der Waals surface area contributed by atoms with E-state index in [-0.39, 0.29) is 11.4 Å². The second-order valence-corrected chi connectivity index (χ2v) is 7.02. The zero-order valence-corrected chi connectivity index (χ0v) is 17.2. The van der Waals surface area contributed by atoms with Crippen LogP contribution in [0.3, 0.4) is 0 Å². The number of hydrogen-bond donors (Lipinski definition) is 2. The normalized spacial score (nSPS) is 14.0. The van der Waals surface area contributed by atoms with Gasteiger partial charge in [-0.3, -0.25) is 24.6 Å². The van der Waals surface area contributed by atoms with Crippen molar-refractivity contribution in [1.29, 1.82) is 0 Å². The third-order valence-electron chi connectivity index (χ3n) is 5.03. The molecular formula is C21H25N5O5. The third-order valence-corrected chi connectivity index (χ3v) is 5.03. The third kappa shape index (κ3) is 5.92. The Bertz CT molecular complexity index is 943. The molecule has 2 aromatic rings. The number of piperazine rings is 1. The monoisotopic (exact) mass is 427 g/mol. The van der Waals surface area contributed by atoms with Gasteiger partial charge in [-0.05, 0) is 18.2 Å². The van der Waals surface area contributed by atoms with Gasteiger partial charge < -0.3 is 20.3 Å². The van der Waals surface area contributed by atoms with Crippen LogP contribution in [-0.4, -0.2) is 68.0 Å². The van der Waals surface area contributed by atoms with Crippen LogP contribution in [-0.2, 0) is 9.59 Å². The maximum atomic E-state index is 12.0. The van der Waals surface area contributed by atoms with Crippen molar-refractivity contribution in [3.8, 4) is 5.75 Å². The molecule has 1 saturated heterocycles. The van der Waals surface area contributed by atoms with E-state index in [0.29, 0.717) is 13.1 Å². The number of methoxy groups -OCH3 is 1. The van der Waals surface area contributed by atoms with Gasteiger partial charge in [0.05, 0.1) is 17.7 Å². The summed E-state index contributed by atoms with van der Waals surface area (Å²) in [4.78, 5) is 38.7. The van der Waals surface area contributed by atoms with Crippen molar-refractivity contribution >= 4 is 28.9 Å². The number of nitro groups is 1. The Morgan fingerprint density at radius 1 is 1.06 bits per heavy atom. The molecule has 164 valence electrons. The molecule has 1 aliphatic rings. The Morgan fingerprint density at radius 2 is 1.81 bits per heavy atom. The van der Waals surface area contributed by atoms with Gasteiger partial charge in [0.25, 0.3) is 5.69 Å². The Labute approximate surface area is 179 Å². The van der Waals surface area contributed by atoms with E-state index < -0.39 is 16.7 Å². The average molecular weight is 427 g/mol. The lowest BCUT2D eigenvalue weighted by molar-refractivity contribution is -0.384. The number of rotatable bonds is 7. The van der Waals surface area contributed by atoms with Crippen molar-refractivity contribution in [2.45, 2.75) is 0 Å². The van der Waals surface area contributed by atoms with E-state index >= 15 is 0 Å². The number of para-hydroxylation sites is 2. The van der Waals surface area contributed by atoms with Gasteiger partial charge in [-0.2, -0.15) is 0 Å². The number of nitrogens with one attached hydrogen (secondary N) is 2. The first kappa shape index (κ1) is 22.0. The molecule has 0 radical (unpaired) electrons. The topological polar surface area (TPSA) is 117 Å². The summed E-state index contributed by atoms with van der Waals surface area (Å²) in [6.07, 6.45) is 0. The number of hydrogen-bond acceptors (Lipinski definition) is 7. The van der Waals surface area contributed by atoms with Crippen LogP contribution in [0.5, 0.6) is 5.75 Å². The van der Waals surface area contributed by atoms with Crippen LogP contribution in [0.2, 0.25) is 0 Å². The molecule has 10 heteroatoms. The van der Waals surface area contributed by atoms with Gasteiger partial charge in [0.2, 0.25) is 0 Å². The molecule has 2 amide bonds. The van der Waals surface area contributed by atoms with E-state index in [4.69, 9.17) is 4.74 Å². The molecule has 10 nitrogen and oxygen atoms in total. The molecule has 0 unspecified atom stereocenters. The van der Waals surface area contributed by atoms with Crippen molar-refractivity contribution in [2.75, 3.05) is 56.6 Å². The zero-order chi connectivity index (χ0) is 22.2. The zero-order valence-electron chi connectivity index (χ0n) is 17.2. The van der Waals surface area contributed by atoms with Gasteiger partial charge in [-0.1, -0.05) is 18.2 Å². The SMILES string of the molecule is COc1ccccc1N1CCN(CCNC(=O)C(=O)Nc2cccc([N+](=O)[O-])c2)CC1. The molecule has 0 bridgehead atoms.